The van der Waals surface area contributed by atoms with Crippen molar-refractivity contribution in [1.82, 2.24) is 10.3 Å². The van der Waals surface area contributed by atoms with E-state index in [1.165, 1.54) is 10.5 Å². The number of para-hydroxylation sites is 1. The summed E-state index contributed by atoms with van der Waals surface area (Å²) in [6.07, 6.45) is 4.78. The molecule has 1 aromatic carbocycles. The summed E-state index contributed by atoms with van der Waals surface area (Å²) in [6, 6.07) is 12.6. The normalized spacial score (nSPS) is 12.1. The molecule has 0 bridgehead atoms. The fraction of sp³-hybridized carbons (Fsp3) is 0.353. The summed E-state index contributed by atoms with van der Waals surface area (Å²) >= 11 is 1.83. The Morgan fingerprint density at radius 2 is 1.95 bits per heavy atom. The van der Waals surface area contributed by atoms with Gasteiger partial charge in [-0.15, -0.1) is 11.8 Å². The van der Waals surface area contributed by atoms with Crippen LogP contribution in [0.5, 0.6) is 5.75 Å². The molecule has 0 saturated heterocycles. The van der Waals surface area contributed by atoms with Gasteiger partial charge in [-0.3, -0.25) is 4.98 Å². The Morgan fingerprint density at radius 1 is 1.19 bits per heavy atom. The summed E-state index contributed by atoms with van der Waals surface area (Å²) in [5.74, 6) is 1.91. The molecule has 1 unspecified atom stereocenters. The SMILES string of the molecule is CCCNC(CSc1ccncc1)c1ccccc1OC. The van der Waals surface area contributed by atoms with Crippen molar-refractivity contribution in [3.8, 4) is 5.75 Å². The van der Waals surface area contributed by atoms with E-state index in [0.717, 1.165) is 24.5 Å². The Bertz CT molecular complexity index is 533. The van der Waals surface area contributed by atoms with Crippen LogP contribution in [0.2, 0.25) is 0 Å². The lowest BCUT2D eigenvalue weighted by molar-refractivity contribution is 0.402. The third-order valence-electron chi connectivity index (χ3n) is 3.22. The van der Waals surface area contributed by atoms with Gasteiger partial charge in [0.1, 0.15) is 5.75 Å². The fourth-order valence-corrected chi connectivity index (χ4v) is 3.12. The van der Waals surface area contributed by atoms with Crippen molar-refractivity contribution in [2.24, 2.45) is 0 Å². The number of hydrogen-bond acceptors (Lipinski definition) is 4. The molecule has 1 heterocycles. The van der Waals surface area contributed by atoms with Gasteiger partial charge < -0.3 is 10.1 Å². The van der Waals surface area contributed by atoms with Crippen LogP contribution in [-0.2, 0) is 0 Å². The number of thioether (sulfide) groups is 1. The van der Waals surface area contributed by atoms with Crippen molar-refractivity contribution in [2.45, 2.75) is 24.3 Å². The molecule has 0 saturated carbocycles. The van der Waals surface area contributed by atoms with Gasteiger partial charge in [0, 0.05) is 34.6 Å². The molecule has 0 fully saturated rings. The number of pyridine rings is 1. The molecule has 4 heteroatoms. The van der Waals surface area contributed by atoms with Crippen LogP contribution in [0, 0.1) is 0 Å². The molecular formula is C17H22N2OS. The highest BCUT2D eigenvalue weighted by molar-refractivity contribution is 7.99. The van der Waals surface area contributed by atoms with E-state index in [2.05, 4.69) is 29.4 Å². The maximum Gasteiger partial charge on any atom is 0.123 e. The van der Waals surface area contributed by atoms with Gasteiger partial charge in [0.25, 0.3) is 0 Å². The minimum absolute atomic E-state index is 0.277. The van der Waals surface area contributed by atoms with Crippen molar-refractivity contribution in [1.29, 1.82) is 0 Å². The van der Waals surface area contributed by atoms with Gasteiger partial charge >= 0.3 is 0 Å². The molecule has 0 aliphatic carbocycles. The van der Waals surface area contributed by atoms with Crippen molar-refractivity contribution < 1.29 is 4.74 Å². The molecule has 0 aliphatic heterocycles. The Hall–Kier alpha value is -1.52. The predicted molar refractivity (Wildman–Crippen MR) is 89.0 cm³/mol. The second-order valence-corrected chi connectivity index (χ2v) is 5.84. The highest BCUT2D eigenvalue weighted by Gasteiger charge is 2.15. The first-order valence-electron chi connectivity index (χ1n) is 7.24. The summed E-state index contributed by atoms with van der Waals surface area (Å²) in [6.45, 7) is 3.18. The Labute approximate surface area is 131 Å². The van der Waals surface area contributed by atoms with Gasteiger partial charge in [-0.2, -0.15) is 0 Å². The zero-order valence-electron chi connectivity index (χ0n) is 12.6. The number of nitrogens with one attached hydrogen (secondary N) is 1. The lowest BCUT2D eigenvalue weighted by atomic mass is 10.1. The molecule has 3 nitrogen and oxygen atoms in total. The van der Waals surface area contributed by atoms with E-state index in [4.69, 9.17) is 4.74 Å². The highest BCUT2D eigenvalue weighted by atomic mass is 32.2. The Balaban J connectivity index is 2.10. The van der Waals surface area contributed by atoms with Gasteiger partial charge in [-0.05, 0) is 31.2 Å². The first kappa shape index (κ1) is 15.9. The van der Waals surface area contributed by atoms with E-state index >= 15 is 0 Å². The van der Waals surface area contributed by atoms with E-state index < -0.39 is 0 Å². The number of hydrogen-bond donors (Lipinski definition) is 1. The van der Waals surface area contributed by atoms with Gasteiger partial charge in [0.2, 0.25) is 0 Å². The van der Waals surface area contributed by atoms with Crippen LogP contribution < -0.4 is 10.1 Å². The molecule has 0 aliphatic rings. The molecule has 21 heavy (non-hydrogen) atoms. The van der Waals surface area contributed by atoms with Crippen LogP contribution in [-0.4, -0.2) is 24.4 Å². The van der Waals surface area contributed by atoms with Crippen molar-refractivity contribution in [3.63, 3.8) is 0 Å². The number of rotatable bonds is 8. The average molecular weight is 302 g/mol. The molecular weight excluding hydrogens is 280 g/mol. The minimum atomic E-state index is 0.277. The lowest BCUT2D eigenvalue weighted by Gasteiger charge is -2.21. The molecule has 1 N–H and O–H groups in total. The predicted octanol–water partition coefficient (Wildman–Crippen LogP) is 3.92. The molecule has 0 amide bonds. The quantitative estimate of drug-likeness (QED) is 0.749. The van der Waals surface area contributed by atoms with E-state index in [1.807, 2.05) is 48.4 Å². The topological polar surface area (TPSA) is 34.2 Å². The van der Waals surface area contributed by atoms with Crippen molar-refractivity contribution in [2.75, 3.05) is 19.4 Å². The maximum absolute atomic E-state index is 5.50. The zero-order chi connectivity index (χ0) is 14.9. The van der Waals surface area contributed by atoms with E-state index in [1.54, 1.807) is 7.11 Å². The largest absolute Gasteiger partial charge is 0.496 e. The van der Waals surface area contributed by atoms with Gasteiger partial charge in [0.05, 0.1) is 7.11 Å². The third kappa shape index (κ3) is 4.76. The Kier molecular flexibility index (Phi) is 6.57. The number of aromatic nitrogens is 1. The fourth-order valence-electron chi connectivity index (χ4n) is 2.15. The molecule has 1 aromatic heterocycles. The molecule has 2 aromatic rings. The standard InChI is InChI=1S/C17H22N2OS/c1-3-10-19-16(13-21-14-8-11-18-12-9-14)15-6-4-5-7-17(15)20-2/h4-9,11-12,16,19H,3,10,13H2,1-2H3. The maximum atomic E-state index is 5.50. The number of benzene rings is 1. The van der Waals surface area contributed by atoms with Crippen molar-refractivity contribution in [3.05, 3.63) is 54.4 Å². The summed E-state index contributed by atoms with van der Waals surface area (Å²) < 4.78 is 5.50. The van der Waals surface area contributed by atoms with E-state index in [-0.39, 0.29) is 6.04 Å². The molecule has 1 atom stereocenters. The Morgan fingerprint density at radius 3 is 2.67 bits per heavy atom. The van der Waals surface area contributed by atoms with Crippen LogP contribution in [0.15, 0.2) is 53.7 Å². The molecule has 0 radical (unpaired) electrons. The van der Waals surface area contributed by atoms with Crippen LogP contribution in [0.1, 0.15) is 24.9 Å². The van der Waals surface area contributed by atoms with Crippen LogP contribution in [0.25, 0.3) is 0 Å². The van der Waals surface area contributed by atoms with Crippen LogP contribution in [0.4, 0.5) is 0 Å². The number of ether oxygens (including phenoxy) is 1. The first-order valence-corrected chi connectivity index (χ1v) is 8.22. The van der Waals surface area contributed by atoms with E-state index in [9.17, 15) is 0 Å². The van der Waals surface area contributed by atoms with E-state index in [0.29, 0.717) is 0 Å². The average Bonchev–Trinajstić information content (AvgIpc) is 2.56. The van der Waals surface area contributed by atoms with Crippen molar-refractivity contribution >= 4 is 11.8 Å². The van der Waals surface area contributed by atoms with Crippen LogP contribution >= 0.6 is 11.8 Å². The molecule has 0 spiro atoms. The summed E-state index contributed by atoms with van der Waals surface area (Å²) in [5, 5.41) is 3.61. The third-order valence-corrected chi connectivity index (χ3v) is 4.33. The summed E-state index contributed by atoms with van der Waals surface area (Å²) in [4.78, 5) is 5.30. The highest BCUT2D eigenvalue weighted by Crippen LogP contribution is 2.29. The van der Waals surface area contributed by atoms with Gasteiger partial charge in [-0.1, -0.05) is 25.1 Å². The second-order valence-electron chi connectivity index (χ2n) is 4.74. The lowest BCUT2D eigenvalue weighted by Crippen LogP contribution is -2.24. The monoisotopic (exact) mass is 302 g/mol. The molecule has 2 rings (SSSR count). The smallest absolute Gasteiger partial charge is 0.123 e. The summed E-state index contributed by atoms with van der Waals surface area (Å²) in [5.41, 5.74) is 1.22. The number of methoxy groups -OCH3 is 1. The van der Waals surface area contributed by atoms with Gasteiger partial charge in [0.15, 0.2) is 0 Å². The minimum Gasteiger partial charge on any atom is -0.496 e. The second kappa shape index (κ2) is 8.70. The first-order chi connectivity index (χ1) is 10.3. The summed E-state index contributed by atoms with van der Waals surface area (Å²) in [7, 11) is 1.73. The zero-order valence-corrected chi connectivity index (χ0v) is 13.4. The van der Waals surface area contributed by atoms with Gasteiger partial charge in [-0.25, -0.2) is 0 Å². The van der Waals surface area contributed by atoms with Crippen LogP contribution in [0.3, 0.4) is 0 Å². The number of nitrogens with zero attached hydrogens (tertiary/aromatic N) is 1. The molecule has 112 valence electrons.